The summed E-state index contributed by atoms with van der Waals surface area (Å²) in [6.07, 6.45) is 8.06. The first-order chi connectivity index (χ1) is 8.86. The molecule has 5 heteroatoms. The lowest BCUT2D eigenvalue weighted by atomic mass is 9.92. The monoisotopic (exact) mass is 252 g/mol. The summed E-state index contributed by atoms with van der Waals surface area (Å²) < 4.78 is 19.2. The zero-order valence-corrected chi connectivity index (χ0v) is 10.6. The van der Waals surface area contributed by atoms with Crippen molar-refractivity contribution in [2.75, 3.05) is 19.8 Å². The van der Waals surface area contributed by atoms with Crippen LogP contribution in [0.25, 0.3) is 0 Å². The van der Waals surface area contributed by atoms with E-state index in [4.69, 9.17) is 14.2 Å². The molecule has 0 amide bonds. The Morgan fingerprint density at radius 1 is 1.28 bits per heavy atom. The van der Waals surface area contributed by atoms with Gasteiger partial charge in [-0.1, -0.05) is 0 Å². The highest BCUT2D eigenvalue weighted by Gasteiger charge is 2.40. The van der Waals surface area contributed by atoms with Gasteiger partial charge in [0.15, 0.2) is 5.79 Å². The van der Waals surface area contributed by atoms with Gasteiger partial charge in [0.2, 0.25) is 0 Å². The van der Waals surface area contributed by atoms with Crippen LogP contribution in [0.2, 0.25) is 0 Å². The Hall–Kier alpha value is -0.910. The van der Waals surface area contributed by atoms with Gasteiger partial charge in [0.1, 0.15) is 0 Å². The first-order valence-corrected chi connectivity index (χ1v) is 6.73. The van der Waals surface area contributed by atoms with Gasteiger partial charge in [-0.05, 0) is 18.9 Å². The van der Waals surface area contributed by atoms with E-state index in [0.717, 1.165) is 52.0 Å². The van der Waals surface area contributed by atoms with E-state index in [-0.39, 0.29) is 5.79 Å². The topological polar surface area (TPSA) is 45.5 Å². The molecule has 1 saturated heterocycles. The third-order valence-corrected chi connectivity index (χ3v) is 3.74. The van der Waals surface area contributed by atoms with Crippen LogP contribution in [-0.4, -0.2) is 41.5 Å². The molecule has 0 unspecified atom stereocenters. The minimum atomic E-state index is -0.276. The highest BCUT2D eigenvalue weighted by molar-refractivity contribution is 4.83. The van der Waals surface area contributed by atoms with Gasteiger partial charge in [0.25, 0.3) is 0 Å². The van der Waals surface area contributed by atoms with Crippen LogP contribution in [-0.2, 0) is 20.8 Å². The Morgan fingerprint density at radius 3 is 2.72 bits per heavy atom. The molecule has 1 aromatic rings. The van der Waals surface area contributed by atoms with Gasteiger partial charge in [-0.25, -0.2) is 0 Å². The van der Waals surface area contributed by atoms with E-state index in [1.165, 1.54) is 0 Å². The average Bonchev–Trinajstić information content (AvgIpc) is 3.04. The van der Waals surface area contributed by atoms with Crippen molar-refractivity contribution in [2.24, 2.45) is 0 Å². The summed E-state index contributed by atoms with van der Waals surface area (Å²) in [5.41, 5.74) is 0. The highest BCUT2D eigenvalue weighted by Crippen LogP contribution is 2.36. The third-order valence-electron chi connectivity index (χ3n) is 3.74. The molecule has 0 atom stereocenters. The number of rotatable bonds is 4. The van der Waals surface area contributed by atoms with Gasteiger partial charge in [-0.15, -0.1) is 0 Å². The van der Waals surface area contributed by atoms with E-state index in [9.17, 15) is 0 Å². The molecule has 1 saturated carbocycles. The smallest absolute Gasteiger partial charge is 0.168 e. The second-order valence-corrected chi connectivity index (χ2v) is 4.95. The molecule has 18 heavy (non-hydrogen) atoms. The molecule has 0 aromatic carbocycles. The average molecular weight is 252 g/mol. The maximum atomic E-state index is 5.89. The van der Waals surface area contributed by atoms with E-state index in [1.807, 2.05) is 16.9 Å². The van der Waals surface area contributed by atoms with Crippen molar-refractivity contribution in [1.82, 2.24) is 9.78 Å². The van der Waals surface area contributed by atoms with Crippen molar-refractivity contribution in [3.8, 4) is 0 Å². The molecule has 0 bridgehead atoms. The van der Waals surface area contributed by atoms with Crippen LogP contribution in [0.1, 0.15) is 25.7 Å². The van der Waals surface area contributed by atoms with Crippen molar-refractivity contribution in [3.63, 3.8) is 0 Å². The number of aromatic nitrogens is 2. The second-order valence-electron chi connectivity index (χ2n) is 4.95. The lowest BCUT2D eigenvalue weighted by Gasteiger charge is -2.35. The summed E-state index contributed by atoms with van der Waals surface area (Å²) in [6.45, 7) is 3.03. The minimum Gasteiger partial charge on any atom is -0.376 e. The molecule has 5 nitrogen and oxygen atoms in total. The molecule has 0 N–H and O–H groups in total. The first-order valence-electron chi connectivity index (χ1n) is 6.73. The lowest BCUT2D eigenvalue weighted by Crippen LogP contribution is -2.37. The Labute approximate surface area is 107 Å². The van der Waals surface area contributed by atoms with Gasteiger partial charge in [-0.3, -0.25) is 4.68 Å². The van der Waals surface area contributed by atoms with Crippen molar-refractivity contribution >= 4 is 0 Å². The lowest BCUT2D eigenvalue weighted by molar-refractivity contribution is -0.191. The number of ether oxygens (including phenoxy) is 3. The SMILES string of the molecule is c1cnn(CCOC2CCC3(CC2)OCCO3)c1. The highest BCUT2D eigenvalue weighted by atomic mass is 16.7. The van der Waals surface area contributed by atoms with E-state index < -0.39 is 0 Å². The van der Waals surface area contributed by atoms with Crippen LogP contribution in [0.15, 0.2) is 18.5 Å². The van der Waals surface area contributed by atoms with Gasteiger partial charge in [0.05, 0.1) is 32.5 Å². The van der Waals surface area contributed by atoms with Crippen molar-refractivity contribution in [2.45, 2.75) is 44.1 Å². The van der Waals surface area contributed by atoms with Gasteiger partial charge < -0.3 is 14.2 Å². The molecule has 100 valence electrons. The predicted octanol–water partition coefficient (Wildman–Crippen LogP) is 1.59. The van der Waals surface area contributed by atoms with Crippen LogP contribution in [0, 0.1) is 0 Å². The molecule has 2 aliphatic rings. The fourth-order valence-electron chi connectivity index (χ4n) is 2.73. The first kappa shape index (κ1) is 12.1. The molecular weight excluding hydrogens is 232 g/mol. The van der Waals surface area contributed by atoms with E-state index in [0.29, 0.717) is 6.10 Å². The Balaban J connectivity index is 1.38. The summed E-state index contributed by atoms with van der Waals surface area (Å²) in [6, 6.07) is 1.93. The molecule has 3 rings (SSSR count). The molecule has 0 radical (unpaired) electrons. The second kappa shape index (κ2) is 5.38. The molecule has 1 spiro atoms. The quantitative estimate of drug-likeness (QED) is 0.816. The summed E-state index contributed by atoms with van der Waals surface area (Å²) in [5, 5.41) is 4.15. The molecule has 2 fully saturated rings. The number of nitrogens with zero attached hydrogens (tertiary/aromatic N) is 2. The normalized spacial score (nSPS) is 23.8. The summed E-state index contributed by atoms with van der Waals surface area (Å²) in [5.74, 6) is -0.276. The van der Waals surface area contributed by atoms with E-state index >= 15 is 0 Å². The van der Waals surface area contributed by atoms with Gasteiger partial charge in [0, 0.05) is 25.2 Å². The molecule has 2 heterocycles. The van der Waals surface area contributed by atoms with Crippen LogP contribution in [0.4, 0.5) is 0 Å². The van der Waals surface area contributed by atoms with E-state index in [2.05, 4.69) is 5.10 Å². The van der Waals surface area contributed by atoms with Gasteiger partial charge in [-0.2, -0.15) is 5.10 Å². The van der Waals surface area contributed by atoms with Crippen molar-refractivity contribution in [1.29, 1.82) is 0 Å². The zero-order valence-electron chi connectivity index (χ0n) is 10.6. The van der Waals surface area contributed by atoms with Crippen molar-refractivity contribution in [3.05, 3.63) is 18.5 Å². The van der Waals surface area contributed by atoms with Crippen LogP contribution in [0.5, 0.6) is 0 Å². The maximum absolute atomic E-state index is 5.89. The fraction of sp³-hybridized carbons (Fsp3) is 0.769. The third kappa shape index (κ3) is 2.74. The Bertz CT molecular complexity index is 350. The predicted molar refractivity (Wildman–Crippen MR) is 65.1 cm³/mol. The largest absolute Gasteiger partial charge is 0.376 e. The summed E-state index contributed by atoms with van der Waals surface area (Å²) in [4.78, 5) is 0. The number of hydrogen-bond acceptors (Lipinski definition) is 4. The van der Waals surface area contributed by atoms with Crippen LogP contribution >= 0.6 is 0 Å². The van der Waals surface area contributed by atoms with Crippen molar-refractivity contribution < 1.29 is 14.2 Å². The standard InChI is InChI=1S/C13H20N2O3/c1-6-14-15(7-1)8-9-16-12-2-4-13(5-3-12)17-10-11-18-13/h1,6-7,12H,2-5,8-11H2. The zero-order chi connectivity index (χ0) is 12.3. The molecular formula is C13H20N2O3. The Kier molecular flexibility index (Phi) is 3.63. The molecule has 1 aromatic heterocycles. The summed E-state index contributed by atoms with van der Waals surface area (Å²) in [7, 11) is 0. The van der Waals surface area contributed by atoms with Crippen LogP contribution in [0.3, 0.4) is 0 Å². The van der Waals surface area contributed by atoms with E-state index in [1.54, 1.807) is 6.20 Å². The maximum Gasteiger partial charge on any atom is 0.168 e. The molecule has 1 aliphatic heterocycles. The molecule has 1 aliphatic carbocycles. The summed E-state index contributed by atoms with van der Waals surface area (Å²) >= 11 is 0. The van der Waals surface area contributed by atoms with Gasteiger partial charge >= 0.3 is 0 Å². The number of hydrogen-bond donors (Lipinski definition) is 0. The fourth-order valence-corrected chi connectivity index (χ4v) is 2.73. The minimum absolute atomic E-state index is 0.276. The Morgan fingerprint density at radius 2 is 2.06 bits per heavy atom. The van der Waals surface area contributed by atoms with Crippen LogP contribution < -0.4 is 0 Å².